The third kappa shape index (κ3) is 13.4. The summed E-state index contributed by atoms with van der Waals surface area (Å²) in [6, 6.07) is 0. The first kappa shape index (κ1) is 17.8. The minimum atomic E-state index is -1.83. The van der Waals surface area contributed by atoms with E-state index in [1.54, 1.807) is 0 Å². The third-order valence-corrected chi connectivity index (χ3v) is 1.10. The van der Waals surface area contributed by atoms with Crippen molar-refractivity contribution in [3.8, 4) is 0 Å². The van der Waals surface area contributed by atoms with E-state index in [1.807, 2.05) is 0 Å². The summed E-state index contributed by atoms with van der Waals surface area (Å²) in [6.45, 7) is 9.75. The van der Waals surface area contributed by atoms with Gasteiger partial charge < -0.3 is 19.7 Å². The quantitative estimate of drug-likeness (QED) is 0.450. The standard InChI is InChI=1S/C10H12O4.CH2O3/c1-7(2)9(11)13-5-6-14-10(12)8(3)4;2-1(3)4/h5-6H,1,3H2,2,4H3;(H2,2,3,4). The monoisotopic (exact) mass is 258 g/mol. The second-order valence-electron chi connectivity index (χ2n) is 2.93. The van der Waals surface area contributed by atoms with Crippen molar-refractivity contribution in [1.29, 1.82) is 0 Å². The van der Waals surface area contributed by atoms with E-state index in [9.17, 15) is 9.59 Å². The Labute approximate surface area is 104 Å². The molecule has 0 aliphatic heterocycles. The van der Waals surface area contributed by atoms with Gasteiger partial charge in [0.1, 0.15) is 12.5 Å². The Morgan fingerprint density at radius 2 is 1.11 bits per heavy atom. The van der Waals surface area contributed by atoms with Crippen LogP contribution in [0.25, 0.3) is 0 Å². The van der Waals surface area contributed by atoms with Gasteiger partial charge in [0, 0.05) is 11.1 Å². The Bertz CT molecular complexity index is 345. The van der Waals surface area contributed by atoms with Crippen LogP contribution in [-0.2, 0) is 19.1 Å². The molecule has 100 valence electrons. The summed E-state index contributed by atoms with van der Waals surface area (Å²) in [5.74, 6) is -1.15. The fourth-order valence-electron chi connectivity index (χ4n) is 0.380. The van der Waals surface area contributed by atoms with E-state index in [-0.39, 0.29) is 11.1 Å². The molecule has 0 heterocycles. The number of ether oxygens (including phenoxy) is 2. The largest absolute Gasteiger partial charge is 0.503 e. The molecular formula is C11H14O7. The molecule has 0 aliphatic carbocycles. The van der Waals surface area contributed by atoms with Crippen LogP contribution in [0.3, 0.4) is 0 Å². The van der Waals surface area contributed by atoms with Crippen molar-refractivity contribution in [1.82, 2.24) is 0 Å². The van der Waals surface area contributed by atoms with Crippen LogP contribution in [0.15, 0.2) is 36.8 Å². The van der Waals surface area contributed by atoms with Gasteiger partial charge in [-0.2, -0.15) is 0 Å². The van der Waals surface area contributed by atoms with Crippen LogP contribution in [-0.4, -0.2) is 28.3 Å². The minimum absolute atomic E-state index is 0.265. The van der Waals surface area contributed by atoms with E-state index < -0.39 is 18.1 Å². The third-order valence-electron chi connectivity index (χ3n) is 1.10. The lowest BCUT2D eigenvalue weighted by molar-refractivity contribution is -0.136. The fourth-order valence-corrected chi connectivity index (χ4v) is 0.380. The molecular weight excluding hydrogens is 244 g/mol. The second kappa shape index (κ2) is 9.64. The van der Waals surface area contributed by atoms with Crippen LogP contribution in [0.5, 0.6) is 0 Å². The van der Waals surface area contributed by atoms with Gasteiger partial charge in [0.15, 0.2) is 0 Å². The van der Waals surface area contributed by atoms with E-state index in [0.717, 1.165) is 12.5 Å². The summed E-state index contributed by atoms with van der Waals surface area (Å²) >= 11 is 0. The van der Waals surface area contributed by atoms with Gasteiger partial charge in [0.25, 0.3) is 0 Å². The van der Waals surface area contributed by atoms with E-state index in [4.69, 9.17) is 15.0 Å². The van der Waals surface area contributed by atoms with Crippen LogP contribution >= 0.6 is 0 Å². The average molecular weight is 258 g/mol. The molecule has 0 aromatic rings. The van der Waals surface area contributed by atoms with Crippen LogP contribution in [0.4, 0.5) is 4.79 Å². The topological polar surface area (TPSA) is 110 Å². The first-order valence-corrected chi connectivity index (χ1v) is 4.48. The first-order chi connectivity index (χ1) is 8.18. The Kier molecular flexibility index (Phi) is 9.54. The van der Waals surface area contributed by atoms with Crippen molar-refractivity contribution in [2.75, 3.05) is 0 Å². The van der Waals surface area contributed by atoms with Gasteiger partial charge in [-0.25, -0.2) is 14.4 Å². The number of carbonyl (C=O) groups excluding carboxylic acids is 2. The number of rotatable bonds is 4. The van der Waals surface area contributed by atoms with Crippen molar-refractivity contribution in [2.24, 2.45) is 0 Å². The van der Waals surface area contributed by atoms with Crippen molar-refractivity contribution in [3.63, 3.8) is 0 Å². The summed E-state index contributed by atoms with van der Waals surface area (Å²) in [6.07, 6.45) is 0.107. The zero-order valence-corrected chi connectivity index (χ0v) is 10.0. The van der Waals surface area contributed by atoms with Crippen LogP contribution in [0, 0.1) is 0 Å². The summed E-state index contributed by atoms with van der Waals surface area (Å²) < 4.78 is 9.02. The molecule has 0 rings (SSSR count). The maximum absolute atomic E-state index is 10.8. The molecule has 0 atom stereocenters. The lowest BCUT2D eigenvalue weighted by atomic mass is 10.4. The highest BCUT2D eigenvalue weighted by molar-refractivity contribution is 5.88. The van der Waals surface area contributed by atoms with Gasteiger partial charge in [-0.1, -0.05) is 13.2 Å². The number of carbonyl (C=O) groups is 3. The van der Waals surface area contributed by atoms with E-state index in [1.165, 1.54) is 13.8 Å². The summed E-state index contributed by atoms with van der Waals surface area (Å²) in [7, 11) is 0. The summed E-state index contributed by atoms with van der Waals surface area (Å²) in [4.78, 5) is 30.1. The molecule has 0 aromatic heterocycles. The average Bonchev–Trinajstić information content (AvgIpc) is 2.22. The van der Waals surface area contributed by atoms with Crippen molar-refractivity contribution < 1.29 is 34.1 Å². The highest BCUT2D eigenvalue weighted by Crippen LogP contribution is 1.95. The molecule has 18 heavy (non-hydrogen) atoms. The van der Waals surface area contributed by atoms with Gasteiger partial charge in [0.2, 0.25) is 0 Å². The van der Waals surface area contributed by atoms with E-state index in [0.29, 0.717) is 0 Å². The van der Waals surface area contributed by atoms with E-state index >= 15 is 0 Å². The molecule has 0 saturated carbocycles. The maximum Gasteiger partial charge on any atom is 0.503 e. The predicted octanol–water partition coefficient (Wildman–Crippen LogP) is 1.92. The first-order valence-electron chi connectivity index (χ1n) is 4.48. The number of hydrogen-bond acceptors (Lipinski definition) is 5. The van der Waals surface area contributed by atoms with Gasteiger partial charge in [-0.3, -0.25) is 0 Å². The Balaban J connectivity index is 0. The Morgan fingerprint density at radius 1 is 0.889 bits per heavy atom. The fraction of sp³-hybridized carbons (Fsp3) is 0.182. The molecule has 0 bridgehead atoms. The molecule has 2 N–H and O–H groups in total. The van der Waals surface area contributed by atoms with E-state index in [2.05, 4.69) is 22.6 Å². The highest BCUT2D eigenvalue weighted by Gasteiger charge is 2.01. The molecule has 7 nitrogen and oxygen atoms in total. The molecule has 7 heteroatoms. The van der Waals surface area contributed by atoms with Crippen LogP contribution < -0.4 is 0 Å². The van der Waals surface area contributed by atoms with Crippen molar-refractivity contribution >= 4 is 18.1 Å². The lowest BCUT2D eigenvalue weighted by Crippen LogP contribution is -2.01. The Hall–Kier alpha value is -2.57. The molecule has 0 amide bonds. The van der Waals surface area contributed by atoms with Gasteiger partial charge in [0.05, 0.1) is 0 Å². The highest BCUT2D eigenvalue weighted by atomic mass is 16.6. The lowest BCUT2D eigenvalue weighted by Gasteiger charge is -1.97. The normalized spacial score (nSPS) is 8.78. The number of carboxylic acid groups (broad SMARTS) is 2. The predicted molar refractivity (Wildman–Crippen MR) is 61.6 cm³/mol. The van der Waals surface area contributed by atoms with Crippen LogP contribution in [0.2, 0.25) is 0 Å². The van der Waals surface area contributed by atoms with Crippen LogP contribution in [0.1, 0.15) is 13.8 Å². The summed E-state index contributed by atoms with van der Waals surface area (Å²) in [5, 5.41) is 13.9. The Morgan fingerprint density at radius 3 is 1.28 bits per heavy atom. The van der Waals surface area contributed by atoms with Gasteiger partial charge in [-0.15, -0.1) is 0 Å². The molecule has 0 unspecified atom stereocenters. The molecule has 0 aliphatic rings. The number of hydrogen-bond donors (Lipinski definition) is 2. The van der Waals surface area contributed by atoms with Crippen molar-refractivity contribution in [3.05, 3.63) is 36.8 Å². The smallest absolute Gasteiger partial charge is 0.450 e. The zero-order valence-electron chi connectivity index (χ0n) is 10.0. The molecule has 0 spiro atoms. The molecule has 0 radical (unpaired) electrons. The molecule has 0 aromatic carbocycles. The SMILES string of the molecule is C=C(C)C(=O)OC=COC(=O)C(=C)C.O=C(O)O. The number of esters is 2. The van der Waals surface area contributed by atoms with Gasteiger partial charge >= 0.3 is 18.1 Å². The summed E-state index contributed by atoms with van der Waals surface area (Å²) in [5.41, 5.74) is 0.529. The maximum atomic E-state index is 10.8. The molecule has 0 fully saturated rings. The van der Waals surface area contributed by atoms with Gasteiger partial charge in [-0.05, 0) is 13.8 Å². The molecule has 0 saturated heterocycles. The van der Waals surface area contributed by atoms with Crippen molar-refractivity contribution in [2.45, 2.75) is 13.8 Å². The zero-order chi connectivity index (χ0) is 14.7. The minimum Gasteiger partial charge on any atom is -0.450 e. The second-order valence-corrected chi connectivity index (χ2v) is 2.93.